The first kappa shape index (κ1) is 27.1. The second kappa shape index (κ2) is 9.49. The van der Waals surface area contributed by atoms with E-state index in [1.807, 2.05) is 87.2 Å². The minimum absolute atomic E-state index is 0.0226. The first-order valence-electron chi connectivity index (χ1n) is 13.8. The topological polar surface area (TPSA) is 104 Å². The Bertz CT molecular complexity index is 1520. The van der Waals surface area contributed by atoms with Gasteiger partial charge in [-0.1, -0.05) is 42.5 Å². The Morgan fingerprint density at radius 2 is 1.63 bits per heavy atom. The van der Waals surface area contributed by atoms with Crippen molar-refractivity contribution in [2.45, 2.75) is 56.7 Å². The first-order chi connectivity index (χ1) is 19.6. The summed E-state index contributed by atoms with van der Waals surface area (Å²) < 4.78 is 19.0. The first-order valence-corrected chi connectivity index (χ1v) is 13.8. The maximum atomic E-state index is 14.6. The van der Waals surface area contributed by atoms with Gasteiger partial charge in [0, 0.05) is 29.8 Å². The van der Waals surface area contributed by atoms with E-state index < -0.39 is 39.9 Å². The van der Waals surface area contributed by atoms with Crippen LogP contribution in [0.3, 0.4) is 0 Å². The smallest absolute Gasteiger partial charge is 0.269 e. The van der Waals surface area contributed by atoms with Gasteiger partial charge in [-0.2, -0.15) is 0 Å². The van der Waals surface area contributed by atoms with Crippen LogP contribution < -0.4 is 4.74 Å². The Labute approximate surface area is 238 Å². The van der Waals surface area contributed by atoms with Crippen LogP contribution in [0.4, 0.5) is 5.69 Å². The van der Waals surface area contributed by atoms with E-state index in [4.69, 9.17) is 19.2 Å². The maximum Gasteiger partial charge on any atom is 0.269 e. The van der Waals surface area contributed by atoms with Crippen LogP contribution in [0, 0.1) is 16.0 Å². The molecule has 3 aromatic rings. The third-order valence-electron chi connectivity index (χ3n) is 8.30. The van der Waals surface area contributed by atoms with Gasteiger partial charge in [0.25, 0.3) is 5.69 Å². The molecule has 6 rings (SSSR count). The maximum absolute atomic E-state index is 14.6. The van der Waals surface area contributed by atoms with Crippen LogP contribution in [-0.4, -0.2) is 52.2 Å². The fourth-order valence-electron chi connectivity index (χ4n) is 6.81. The molecule has 1 spiro atoms. The van der Waals surface area contributed by atoms with E-state index in [1.165, 1.54) is 12.1 Å². The zero-order valence-corrected chi connectivity index (χ0v) is 23.7. The van der Waals surface area contributed by atoms with E-state index in [2.05, 4.69) is 0 Å². The predicted octanol–water partition coefficient (Wildman–Crippen LogP) is 5.65. The number of amides is 1. The molecule has 3 heterocycles. The van der Waals surface area contributed by atoms with Crippen molar-refractivity contribution in [2.24, 2.45) is 10.9 Å². The van der Waals surface area contributed by atoms with Crippen molar-refractivity contribution >= 4 is 17.3 Å². The summed E-state index contributed by atoms with van der Waals surface area (Å²) in [6.45, 7) is 8.24. The number of aliphatic imine (C=N–C) groups is 1. The lowest BCUT2D eigenvalue weighted by Crippen LogP contribution is -2.50. The van der Waals surface area contributed by atoms with Crippen molar-refractivity contribution in [3.8, 4) is 5.75 Å². The van der Waals surface area contributed by atoms with E-state index in [9.17, 15) is 14.9 Å². The highest BCUT2D eigenvalue weighted by atomic mass is 16.7. The number of ether oxygens (including phenoxy) is 3. The lowest BCUT2D eigenvalue weighted by Gasteiger charge is -2.41. The molecule has 0 unspecified atom stereocenters. The van der Waals surface area contributed by atoms with Crippen LogP contribution in [0.1, 0.15) is 56.3 Å². The lowest BCUT2D eigenvalue weighted by molar-refractivity contribution is -0.384. The molecule has 212 valence electrons. The number of fused-ring (bicyclic) bond motifs is 1. The summed E-state index contributed by atoms with van der Waals surface area (Å²) in [6.07, 6.45) is 0. The number of hydrogen-bond acceptors (Lipinski definition) is 7. The van der Waals surface area contributed by atoms with Crippen molar-refractivity contribution in [3.05, 3.63) is 106 Å². The van der Waals surface area contributed by atoms with Gasteiger partial charge in [-0.05, 0) is 63.1 Å². The van der Waals surface area contributed by atoms with Crippen molar-refractivity contribution in [1.82, 2.24) is 4.90 Å². The normalized spacial score (nSPS) is 28.5. The van der Waals surface area contributed by atoms with Gasteiger partial charge in [-0.25, -0.2) is 4.99 Å². The molecule has 9 nitrogen and oxygen atoms in total. The number of methoxy groups -OCH3 is 1. The number of rotatable bonds is 7. The van der Waals surface area contributed by atoms with Crippen molar-refractivity contribution in [1.29, 1.82) is 0 Å². The third-order valence-corrected chi connectivity index (χ3v) is 8.30. The predicted molar refractivity (Wildman–Crippen MR) is 153 cm³/mol. The van der Waals surface area contributed by atoms with Crippen LogP contribution in [0.15, 0.2) is 83.9 Å². The number of carbonyl (C=O) groups is 1. The number of nitrogens with zero attached hydrogens (tertiary/aromatic N) is 3. The molecule has 0 radical (unpaired) electrons. The summed E-state index contributed by atoms with van der Waals surface area (Å²) >= 11 is 0. The summed E-state index contributed by atoms with van der Waals surface area (Å²) in [6, 6.07) is 23.2. The van der Waals surface area contributed by atoms with E-state index >= 15 is 0 Å². The summed E-state index contributed by atoms with van der Waals surface area (Å²) in [5.74, 6) is -1.90. The van der Waals surface area contributed by atoms with Crippen molar-refractivity contribution in [3.63, 3.8) is 0 Å². The molecule has 0 saturated carbocycles. The van der Waals surface area contributed by atoms with Gasteiger partial charge in [0.05, 0.1) is 18.0 Å². The number of carbonyl (C=O) groups excluding carboxylic acids is 1. The highest BCUT2D eigenvalue weighted by Crippen LogP contribution is 2.68. The van der Waals surface area contributed by atoms with Gasteiger partial charge in [0.15, 0.2) is 5.72 Å². The number of nitro groups is 1. The van der Waals surface area contributed by atoms with Crippen molar-refractivity contribution < 1.29 is 23.9 Å². The zero-order chi connectivity index (χ0) is 29.2. The monoisotopic (exact) mass is 555 g/mol. The number of likely N-dealkylation sites (tertiary alicyclic amines) is 1. The Morgan fingerprint density at radius 3 is 2.20 bits per heavy atom. The van der Waals surface area contributed by atoms with Gasteiger partial charge in [0.2, 0.25) is 11.7 Å². The highest BCUT2D eigenvalue weighted by Gasteiger charge is 2.80. The Hall–Kier alpha value is -4.08. The molecular weight excluding hydrogens is 522 g/mol. The average Bonchev–Trinajstić information content (AvgIpc) is 3.54. The van der Waals surface area contributed by atoms with Crippen LogP contribution in [0.25, 0.3) is 0 Å². The number of nitro benzene ring substituents is 1. The van der Waals surface area contributed by atoms with Gasteiger partial charge >= 0.3 is 0 Å². The van der Waals surface area contributed by atoms with Crippen molar-refractivity contribution in [2.75, 3.05) is 13.7 Å². The molecule has 1 amide bonds. The van der Waals surface area contributed by atoms with Crippen LogP contribution in [0.5, 0.6) is 5.75 Å². The molecule has 41 heavy (non-hydrogen) atoms. The van der Waals surface area contributed by atoms with E-state index in [1.54, 1.807) is 19.2 Å². The zero-order valence-electron chi connectivity index (χ0n) is 23.7. The van der Waals surface area contributed by atoms with E-state index in [0.717, 1.165) is 11.1 Å². The molecule has 3 aliphatic rings. The summed E-state index contributed by atoms with van der Waals surface area (Å²) in [5.41, 5.74) is 1.07. The second-order valence-electron chi connectivity index (χ2n) is 11.6. The van der Waals surface area contributed by atoms with Gasteiger partial charge in [0.1, 0.15) is 23.4 Å². The molecule has 2 bridgehead atoms. The van der Waals surface area contributed by atoms with Crippen LogP contribution >= 0.6 is 0 Å². The molecule has 2 saturated heterocycles. The number of hydrogen-bond donors (Lipinski definition) is 0. The lowest BCUT2D eigenvalue weighted by atomic mass is 9.72. The fraction of sp³-hybridized carbons (Fsp3) is 0.375. The molecule has 0 N–H and O–H groups in total. The summed E-state index contributed by atoms with van der Waals surface area (Å²) in [7, 11) is 1.61. The molecular formula is C32H33N3O6. The fourth-order valence-corrected chi connectivity index (χ4v) is 6.81. The molecule has 3 aliphatic heterocycles. The number of non-ortho nitro benzene ring substituents is 1. The van der Waals surface area contributed by atoms with E-state index in [0.29, 0.717) is 23.6 Å². The van der Waals surface area contributed by atoms with Crippen LogP contribution in [0.2, 0.25) is 0 Å². The molecule has 5 atom stereocenters. The molecule has 0 aromatic heterocycles. The standard InChI is InChI=1S/C32H33N3O6/c1-6-40-32-25(20-10-8-7-9-11-20)26-29(36)34(30(2,3)4)28(22-14-18-24(39-5)19-15-22)31(26,41-32)33-27(32)21-12-16-23(17-13-21)35(37)38/h7-19,25-26,28H,6H2,1-5H3/t25-,26+,28-,31+,32+/m1/s1. The summed E-state index contributed by atoms with van der Waals surface area (Å²) in [4.78, 5) is 32.8. The summed E-state index contributed by atoms with van der Waals surface area (Å²) in [5, 5.41) is 11.4. The molecule has 2 fully saturated rings. The quantitative estimate of drug-likeness (QED) is 0.276. The minimum Gasteiger partial charge on any atom is -0.497 e. The Balaban J connectivity index is 1.63. The second-order valence-corrected chi connectivity index (χ2v) is 11.6. The van der Waals surface area contributed by atoms with Gasteiger partial charge in [-0.15, -0.1) is 0 Å². The minimum atomic E-state index is -1.37. The molecule has 9 heteroatoms. The SMILES string of the molecule is CCO[C@@]12O[C@@]3(N=C1c1ccc([N+](=O)[O-])cc1)[C@H](C(=O)N(C(C)(C)C)[C@@H]3c1ccc(OC)cc1)[C@H]2c1ccccc1. The van der Waals surface area contributed by atoms with E-state index in [-0.39, 0.29) is 11.6 Å². The highest BCUT2D eigenvalue weighted by molar-refractivity contribution is 6.10. The third kappa shape index (κ3) is 3.90. The molecule has 3 aromatic carbocycles. The average molecular weight is 556 g/mol. The Kier molecular flexibility index (Phi) is 6.28. The van der Waals surface area contributed by atoms with Gasteiger partial charge < -0.3 is 19.1 Å². The molecule has 0 aliphatic carbocycles. The van der Waals surface area contributed by atoms with Gasteiger partial charge in [-0.3, -0.25) is 14.9 Å². The Morgan fingerprint density at radius 1 is 0.976 bits per heavy atom. The van der Waals surface area contributed by atoms with Crippen LogP contribution in [-0.2, 0) is 14.3 Å². The number of benzene rings is 3. The largest absolute Gasteiger partial charge is 0.497 e.